The van der Waals surface area contributed by atoms with Crippen molar-refractivity contribution in [3.05, 3.63) is 40.4 Å². The van der Waals surface area contributed by atoms with Gasteiger partial charge in [-0.2, -0.15) is 13.5 Å². The van der Waals surface area contributed by atoms with E-state index in [4.69, 9.17) is 25.3 Å². The number of hydrogen-bond acceptors (Lipinski definition) is 15. The lowest BCUT2D eigenvalue weighted by atomic mass is 9.84. The third-order valence-electron chi connectivity index (χ3n) is 8.82. The summed E-state index contributed by atoms with van der Waals surface area (Å²) in [5.74, 6) is -2.89. The van der Waals surface area contributed by atoms with E-state index in [0.717, 1.165) is 29.9 Å². The first kappa shape index (κ1) is 36.9. The molecule has 0 radical (unpaired) electrons. The molecular weight excluding hydrogens is 700 g/mol. The Hall–Kier alpha value is -4.41. The number of carbonyl (C=O) groups is 3. The van der Waals surface area contributed by atoms with Gasteiger partial charge < -0.3 is 41.5 Å². The monoisotopic (exact) mass is 738 g/mol. The molecule has 3 aliphatic heterocycles. The highest BCUT2D eigenvalue weighted by Crippen LogP contribution is 2.35. The van der Waals surface area contributed by atoms with Gasteiger partial charge in [-0.1, -0.05) is 5.16 Å². The van der Waals surface area contributed by atoms with Crippen LogP contribution in [0.15, 0.2) is 28.7 Å². The van der Waals surface area contributed by atoms with Gasteiger partial charge in [-0.25, -0.2) is 9.78 Å². The lowest BCUT2D eigenvalue weighted by molar-refractivity contribution is -0.218. The van der Waals surface area contributed by atoms with Gasteiger partial charge in [0.2, 0.25) is 0 Å². The van der Waals surface area contributed by atoms with Crippen LogP contribution in [0.2, 0.25) is 0 Å². The Morgan fingerprint density at radius 1 is 1.32 bits per heavy atom. The van der Waals surface area contributed by atoms with E-state index in [0.29, 0.717) is 29.2 Å². The molecule has 272 valence electrons. The fourth-order valence-corrected chi connectivity index (χ4v) is 6.89. The molecule has 3 unspecified atom stereocenters. The van der Waals surface area contributed by atoms with Crippen molar-refractivity contribution in [3.63, 3.8) is 0 Å². The van der Waals surface area contributed by atoms with Crippen molar-refractivity contribution in [2.45, 2.75) is 81.8 Å². The third-order valence-corrected chi connectivity index (χ3v) is 9.84. The summed E-state index contributed by atoms with van der Waals surface area (Å²) >= 11 is 0.957. The zero-order valence-electron chi connectivity index (χ0n) is 27.2. The van der Waals surface area contributed by atoms with Gasteiger partial charge in [0.15, 0.2) is 16.9 Å². The number of piperidine rings is 1. The smallest absolute Gasteiger partial charge is 0.418 e. The lowest BCUT2D eigenvalue weighted by Crippen LogP contribution is -2.76. The summed E-state index contributed by atoms with van der Waals surface area (Å²) in [6, 6.07) is 3.75. The number of aliphatic hydroxyl groups is 1. The molecule has 21 heteroatoms. The number of benzene rings is 1. The van der Waals surface area contributed by atoms with E-state index in [2.05, 4.69) is 30.4 Å². The van der Waals surface area contributed by atoms with Crippen molar-refractivity contribution >= 4 is 56.2 Å². The molecule has 5 rings (SSSR count). The van der Waals surface area contributed by atoms with Crippen LogP contribution < -0.4 is 26.4 Å². The van der Waals surface area contributed by atoms with Gasteiger partial charge in [0, 0.05) is 23.0 Å². The number of aromatic nitrogens is 1. The summed E-state index contributed by atoms with van der Waals surface area (Å²) in [4.78, 5) is 48.3. The van der Waals surface area contributed by atoms with E-state index >= 15 is 0 Å². The number of ether oxygens (including phenoxy) is 1. The van der Waals surface area contributed by atoms with E-state index in [1.165, 1.54) is 26.2 Å². The van der Waals surface area contributed by atoms with Crippen molar-refractivity contribution in [2.24, 2.45) is 5.16 Å². The first-order chi connectivity index (χ1) is 23.4. The van der Waals surface area contributed by atoms with Crippen LogP contribution >= 0.6 is 11.3 Å². The molecule has 2 amide bonds. The molecule has 0 aliphatic carbocycles. The number of nitrogens with zero attached hydrogens (tertiary/aromatic N) is 3. The zero-order chi connectivity index (χ0) is 36.6. The first-order valence-electron chi connectivity index (χ1n) is 15.4. The summed E-state index contributed by atoms with van der Waals surface area (Å²) in [5.41, 5.74) is 2.91. The maximum absolute atomic E-state index is 13.5. The second-order valence-electron chi connectivity index (χ2n) is 12.8. The summed E-state index contributed by atoms with van der Waals surface area (Å²) in [6.45, 7) is 4.69. The molecule has 4 heterocycles. The number of β-lactam (4-membered cyclic amide) rings is 1. The molecule has 9 N–H and O–H groups in total. The van der Waals surface area contributed by atoms with Crippen LogP contribution in [0.3, 0.4) is 0 Å². The number of carbonyl (C=O) groups excluding carboxylic acids is 2. The molecule has 19 nitrogen and oxygen atoms in total. The number of nitrogens with one attached hydrogen (secondary N) is 4. The van der Waals surface area contributed by atoms with Crippen LogP contribution in [0.1, 0.15) is 56.9 Å². The molecule has 2 fully saturated rings. The summed E-state index contributed by atoms with van der Waals surface area (Å²) in [7, 11) is -5.04. The number of carboxylic acid groups (broad SMARTS) is 1. The normalized spacial score (nSPS) is 24.5. The molecule has 0 spiro atoms. The van der Waals surface area contributed by atoms with E-state index < -0.39 is 57.2 Å². The number of oxime groups is 1. The quantitative estimate of drug-likeness (QED) is 0.0450. The van der Waals surface area contributed by atoms with Crippen LogP contribution in [0.4, 0.5) is 5.13 Å². The van der Waals surface area contributed by atoms with Crippen LogP contribution in [0.5, 0.6) is 5.75 Å². The molecule has 3 aliphatic rings. The Bertz CT molecular complexity index is 1820. The second kappa shape index (κ2) is 14.1. The fourth-order valence-electron chi connectivity index (χ4n) is 5.89. The van der Waals surface area contributed by atoms with E-state index in [1.54, 1.807) is 18.2 Å². The second-order valence-corrected chi connectivity index (χ2v) is 14.6. The number of nitrogen functional groups attached to an aromatic ring is 1. The average molecular weight is 739 g/mol. The van der Waals surface area contributed by atoms with E-state index in [9.17, 15) is 33.0 Å². The van der Waals surface area contributed by atoms with E-state index in [1.807, 2.05) is 0 Å². The van der Waals surface area contributed by atoms with Crippen LogP contribution in [-0.4, -0.2) is 111 Å². The Balaban J connectivity index is 1.32. The van der Waals surface area contributed by atoms with Crippen LogP contribution in [-0.2, 0) is 40.3 Å². The SMILES string of the molecule is CC(ON=C(C(=O)NC1C(=O)N(OS(=O)(=O)O)C1(C)C)c1csc(N)n1)(C(=O)O)C1CCc2cc(C(=N)N[C@H]3CCN[C@H](CO)C3)ccc2O1. The number of amidine groups is 1. The van der Waals surface area contributed by atoms with E-state index in [-0.39, 0.29) is 41.8 Å². The number of nitrogens with two attached hydrogens (primary N) is 1. The van der Waals surface area contributed by atoms with Gasteiger partial charge in [0.1, 0.15) is 23.3 Å². The predicted molar refractivity (Wildman–Crippen MR) is 177 cm³/mol. The number of fused-ring (bicyclic) bond motifs is 1. The minimum Gasteiger partial charge on any atom is -0.485 e. The number of hydrogen-bond donors (Lipinski definition) is 8. The Morgan fingerprint density at radius 3 is 2.68 bits per heavy atom. The fraction of sp³-hybridized carbons (Fsp3) is 0.517. The first-order valence-corrected chi connectivity index (χ1v) is 17.7. The van der Waals surface area contributed by atoms with Crippen molar-refractivity contribution in [1.29, 1.82) is 5.41 Å². The average Bonchev–Trinajstić information content (AvgIpc) is 3.50. The van der Waals surface area contributed by atoms with Gasteiger partial charge in [-0.05, 0) is 76.8 Å². The lowest BCUT2D eigenvalue weighted by Gasteiger charge is -2.50. The zero-order valence-corrected chi connectivity index (χ0v) is 28.8. The number of aliphatic hydroxyl groups excluding tert-OH is 1. The van der Waals surface area contributed by atoms with Gasteiger partial charge in [0.05, 0.1) is 12.1 Å². The number of hydroxylamine groups is 2. The minimum absolute atomic E-state index is 0.0116. The molecule has 1 aromatic heterocycles. The highest BCUT2D eigenvalue weighted by molar-refractivity contribution is 7.80. The number of aryl methyl sites for hydroxylation is 1. The van der Waals surface area contributed by atoms with Crippen LogP contribution in [0, 0.1) is 5.41 Å². The van der Waals surface area contributed by atoms with Crippen molar-refractivity contribution in [3.8, 4) is 5.75 Å². The molecule has 0 saturated carbocycles. The van der Waals surface area contributed by atoms with Gasteiger partial charge >= 0.3 is 16.4 Å². The summed E-state index contributed by atoms with van der Waals surface area (Å²) in [6.07, 6.45) is 0.916. The van der Waals surface area contributed by atoms with Crippen molar-refractivity contribution in [2.75, 3.05) is 18.9 Å². The summed E-state index contributed by atoms with van der Waals surface area (Å²) in [5, 5.41) is 42.9. The molecule has 1 aromatic carbocycles. The molecular formula is C29H38N8O11S2. The molecule has 2 aromatic rings. The maximum Gasteiger partial charge on any atom is 0.418 e. The molecule has 50 heavy (non-hydrogen) atoms. The molecule has 2 saturated heterocycles. The van der Waals surface area contributed by atoms with Gasteiger partial charge in [-0.3, -0.25) is 19.6 Å². The Labute approximate surface area is 290 Å². The number of thiazole rings is 1. The highest BCUT2D eigenvalue weighted by atomic mass is 32.3. The highest BCUT2D eigenvalue weighted by Gasteiger charge is 2.58. The van der Waals surface area contributed by atoms with Crippen molar-refractivity contribution < 1.29 is 51.4 Å². The standard InChI is InChI=1S/C29H38N8O11S2/c1-28(2)22(25(40)37(28)48-50(43,44)45)35-24(39)21(18-13-49-27(31)34-18)36-47-29(3,26(41)42)20-7-5-14-10-15(4-6-19(14)46-20)23(30)33-16-8-9-32-17(11-16)12-38/h4,6,10,13,16-17,20,22,32,38H,5,7-9,11-12H2,1-3H3,(H2,30,33)(H2,31,34)(H,35,39)(H,41,42)(H,43,44,45)/t16-,17-,20?,22?,29?/m0/s1. The largest absolute Gasteiger partial charge is 0.485 e. The maximum atomic E-state index is 13.5. The summed E-state index contributed by atoms with van der Waals surface area (Å²) < 4.78 is 41.7. The van der Waals surface area contributed by atoms with Crippen LogP contribution in [0.25, 0.3) is 0 Å². The minimum atomic E-state index is -5.04. The van der Waals surface area contributed by atoms with Crippen molar-refractivity contribution in [1.82, 2.24) is 26.0 Å². The number of carboxylic acids is 1. The number of anilines is 1. The third kappa shape index (κ3) is 7.66. The number of rotatable bonds is 12. The number of aliphatic carboxylic acids is 1. The van der Waals surface area contributed by atoms with Gasteiger partial charge in [0.25, 0.3) is 17.4 Å². The molecule has 5 atom stereocenters. The Kier molecular flexibility index (Phi) is 10.4. The predicted octanol–water partition coefficient (Wildman–Crippen LogP) is -0.449. The topological polar surface area (TPSA) is 288 Å². The molecule has 0 bridgehead atoms. The van der Waals surface area contributed by atoms with Gasteiger partial charge in [-0.15, -0.1) is 15.6 Å². The number of amides is 2. The Morgan fingerprint density at radius 2 is 2.06 bits per heavy atom.